The van der Waals surface area contributed by atoms with Gasteiger partial charge in [-0.2, -0.15) is 8.42 Å². The third-order valence-electron chi connectivity index (χ3n) is 3.01. The number of hydrogen-bond donors (Lipinski definition) is 1. The number of benzene rings is 1. The molecule has 7 nitrogen and oxygen atoms in total. The molecule has 120 valence electrons. The minimum Gasteiger partial charge on any atom is -0.337 e. The first-order chi connectivity index (χ1) is 10.9. The van der Waals surface area contributed by atoms with Crippen molar-refractivity contribution in [3.63, 3.8) is 0 Å². The fourth-order valence-electron chi connectivity index (χ4n) is 1.76. The summed E-state index contributed by atoms with van der Waals surface area (Å²) in [6.45, 7) is 1.75. The van der Waals surface area contributed by atoms with E-state index >= 15 is 0 Å². The minimum atomic E-state index is -3.69. The van der Waals surface area contributed by atoms with Crippen molar-refractivity contribution in [1.82, 2.24) is 19.7 Å². The van der Waals surface area contributed by atoms with Crippen molar-refractivity contribution in [1.29, 1.82) is 0 Å². The van der Waals surface area contributed by atoms with Gasteiger partial charge in [-0.3, -0.25) is 4.72 Å². The molecule has 0 saturated heterocycles. The number of nitrogens with one attached hydrogen (secondary N) is 1. The van der Waals surface area contributed by atoms with Crippen LogP contribution in [0.1, 0.15) is 5.82 Å². The van der Waals surface area contributed by atoms with Crippen molar-refractivity contribution < 1.29 is 8.42 Å². The smallest absolute Gasteiger partial charge is 0.280 e. The number of aryl methyl sites for hydroxylation is 2. The lowest BCUT2D eigenvalue weighted by atomic mass is 10.3. The van der Waals surface area contributed by atoms with E-state index in [1.54, 1.807) is 36.2 Å². The lowest BCUT2D eigenvalue weighted by Gasteiger charge is -2.06. The number of nitrogens with zero attached hydrogens (tertiary/aromatic N) is 4. The molecular weight excluding hydrogens is 354 g/mol. The van der Waals surface area contributed by atoms with Crippen LogP contribution in [0.15, 0.2) is 50.2 Å². The Bertz CT molecular complexity index is 882. The average molecular weight is 367 g/mol. The molecule has 0 unspecified atom stereocenters. The molecule has 23 heavy (non-hydrogen) atoms. The van der Waals surface area contributed by atoms with Crippen LogP contribution in [0, 0.1) is 6.92 Å². The Morgan fingerprint density at radius 2 is 2.00 bits per heavy atom. The Morgan fingerprint density at radius 1 is 1.26 bits per heavy atom. The lowest BCUT2D eigenvalue weighted by molar-refractivity contribution is 0.598. The zero-order valence-corrected chi connectivity index (χ0v) is 14.7. The fourth-order valence-corrected chi connectivity index (χ4v) is 4.31. The number of anilines is 1. The maximum Gasteiger partial charge on any atom is 0.280 e. The van der Waals surface area contributed by atoms with Gasteiger partial charge in [-0.25, -0.2) is 4.98 Å². The molecule has 10 heteroatoms. The van der Waals surface area contributed by atoms with Gasteiger partial charge in [-0.15, -0.1) is 10.2 Å². The van der Waals surface area contributed by atoms with Gasteiger partial charge >= 0.3 is 0 Å². The largest absolute Gasteiger partial charge is 0.337 e. The Kier molecular flexibility index (Phi) is 4.37. The van der Waals surface area contributed by atoms with Gasteiger partial charge in [-0.05, 0) is 31.2 Å². The van der Waals surface area contributed by atoms with E-state index in [2.05, 4.69) is 19.9 Å². The molecule has 0 fully saturated rings. The van der Waals surface area contributed by atoms with Gasteiger partial charge in [0.05, 0.1) is 0 Å². The van der Waals surface area contributed by atoms with Crippen LogP contribution in [0.4, 0.5) is 5.69 Å². The summed E-state index contributed by atoms with van der Waals surface area (Å²) in [6.07, 6.45) is 1.48. The molecule has 0 saturated carbocycles. The van der Waals surface area contributed by atoms with Gasteiger partial charge in [0.15, 0.2) is 9.37 Å². The highest BCUT2D eigenvalue weighted by atomic mass is 32.2. The number of aromatic nitrogens is 4. The molecule has 0 spiro atoms. The van der Waals surface area contributed by atoms with Crippen LogP contribution in [0.2, 0.25) is 0 Å². The van der Waals surface area contributed by atoms with Crippen LogP contribution in [-0.2, 0) is 17.1 Å². The number of imidazole rings is 1. The van der Waals surface area contributed by atoms with Crippen molar-refractivity contribution in [3.8, 4) is 0 Å². The third kappa shape index (κ3) is 3.71. The van der Waals surface area contributed by atoms with Crippen LogP contribution >= 0.6 is 23.1 Å². The van der Waals surface area contributed by atoms with Crippen molar-refractivity contribution in [2.24, 2.45) is 7.05 Å². The zero-order chi connectivity index (χ0) is 16.4. The summed E-state index contributed by atoms with van der Waals surface area (Å²) in [7, 11) is -1.94. The monoisotopic (exact) mass is 367 g/mol. The highest BCUT2D eigenvalue weighted by Gasteiger charge is 2.18. The molecule has 0 aliphatic carbocycles. The topological polar surface area (TPSA) is 89.8 Å². The minimum absolute atomic E-state index is 0.00446. The molecule has 0 atom stereocenters. The van der Waals surface area contributed by atoms with Gasteiger partial charge in [-0.1, -0.05) is 23.1 Å². The molecule has 1 aromatic carbocycles. The summed E-state index contributed by atoms with van der Waals surface area (Å²) in [5, 5.41) is 7.73. The van der Waals surface area contributed by atoms with Crippen LogP contribution in [0.25, 0.3) is 0 Å². The molecule has 0 radical (unpaired) electrons. The van der Waals surface area contributed by atoms with Crippen LogP contribution in [-0.4, -0.2) is 28.2 Å². The van der Waals surface area contributed by atoms with Crippen molar-refractivity contribution in [2.75, 3.05) is 4.72 Å². The summed E-state index contributed by atoms with van der Waals surface area (Å²) in [6, 6.07) is 7.06. The zero-order valence-electron chi connectivity index (χ0n) is 12.3. The summed E-state index contributed by atoms with van der Waals surface area (Å²) in [5.74, 6) is 0.634. The van der Waals surface area contributed by atoms with E-state index in [-0.39, 0.29) is 5.03 Å². The summed E-state index contributed by atoms with van der Waals surface area (Å²) in [5.41, 5.74) is 2.15. The first-order valence-electron chi connectivity index (χ1n) is 6.51. The molecule has 1 N–H and O–H groups in total. The Morgan fingerprint density at radius 3 is 2.57 bits per heavy atom. The van der Waals surface area contributed by atoms with Crippen LogP contribution in [0.3, 0.4) is 0 Å². The maximum absolute atomic E-state index is 12.3. The Balaban J connectivity index is 1.75. The summed E-state index contributed by atoms with van der Waals surface area (Å²) >= 11 is 2.93. The first-order valence-corrected chi connectivity index (χ1v) is 9.69. The number of hydrogen-bond acceptors (Lipinski definition) is 7. The van der Waals surface area contributed by atoms with Gasteiger partial charge < -0.3 is 4.57 Å². The summed E-state index contributed by atoms with van der Waals surface area (Å²) in [4.78, 5) is 5.00. The molecule has 3 rings (SSSR count). The molecule has 0 aliphatic heterocycles. The Hall–Kier alpha value is -1.91. The molecule has 2 heterocycles. The maximum atomic E-state index is 12.3. The molecule has 0 aliphatic rings. The second-order valence-electron chi connectivity index (χ2n) is 4.67. The first kappa shape index (κ1) is 16.0. The Labute approximate surface area is 141 Å². The van der Waals surface area contributed by atoms with Gasteiger partial charge in [0, 0.05) is 23.8 Å². The summed E-state index contributed by atoms with van der Waals surface area (Å²) < 4.78 is 29.6. The average Bonchev–Trinajstić information content (AvgIpc) is 3.12. The number of rotatable bonds is 5. The third-order valence-corrected chi connectivity index (χ3v) is 6.05. The lowest BCUT2D eigenvalue weighted by Crippen LogP contribution is -2.13. The van der Waals surface area contributed by atoms with E-state index in [1.165, 1.54) is 29.3 Å². The van der Waals surface area contributed by atoms with E-state index in [0.717, 1.165) is 9.24 Å². The van der Waals surface area contributed by atoms with Crippen molar-refractivity contribution in [2.45, 2.75) is 21.2 Å². The SMILES string of the molecule is Cc1nc(S(=O)(=O)Nc2ccc(Sc3nncs3)cc2)cn1C. The van der Waals surface area contributed by atoms with Crippen LogP contribution in [0.5, 0.6) is 0 Å². The second-order valence-corrected chi connectivity index (χ2v) is 8.46. The molecule has 0 amide bonds. The highest BCUT2D eigenvalue weighted by molar-refractivity contribution is 8.01. The molecule has 3 aromatic rings. The molecular formula is C13H13N5O2S3. The quantitative estimate of drug-likeness (QED) is 0.745. The van der Waals surface area contributed by atoms with Crippen molar-refractivity contribution >= 4 is 38.8 Å². The van der Waals surface area contributed by atoms with E-state index in [9.17, 15) is 8.42 Å². The molecule has 0 bridgehead atoms. The van der Waals surface area contributed by atoms with Crippen LogP contribution < -0.4 is 4.72 Å². The van der Waals surface area contributed by atoms with Crippen molar-refractivity contribution in [3.05, 3.63) is 41.8 Å². The second kappa shape index (κ2) is 6.30. The normalized spacial score (nSPS) is 11.6. The predicted molar refractivity (Wildman–Crippen MR) is 89.2 cm³/mol. The fraction of sp³-hybridized carbons (Fsp3) is 0.154. The van der Waals surface area contributed by atoms with E-state index < -0.39 is 10.0 Å². The van der Waals surface area contributed by atoms with Gasteiger partial charge in [0.25, 0.3) is 10.0 Å². The standard InChI is InChI=1S/C13H13N5O2S3/c1-9-15-12(7-18(9)2)23(19,20)17-10-3-5-11(6-4-10)22-13-16-14-8-21-13/h3-8,17H,1-2H3. The molecule has 2 aromatic heterocycles. The van der Waals surface area contributed by atoms with E-state index in [0.29, 0.717) is 11.5 Å². The van der Waals surface area contributed by atoms with Gasteiger partial charge in [0.1, 0.15) is 11.3 Å². The van der Waals surface area contributed by atoms with E-state index in [1.807, 2.05) is 12.1 Å². The highest BCUT2D eigenvalue weighted by Crippen LogP contribution is 2.29. The van der Waals surface area contributed by atoms with Gasteiger partial charge in [0.2, 0.25) is 0 Å². The number of sulfonamides is 1. The van der Waals surface area contributed by atoms with E-state index in [4.69, 9.17) is 0 Å². The predicted octanol–water partition coefficient (Wildman–Crippen LogP) is 2.53.